The number of hydrogen-bond acceptors (Lipinski definition) is 3. The number of aliphatic hydroxyl groups excluding tert-OH is 1. The molecule has 1 unspecified atom stereocenters. The number of benzene rings is 1. The Morgan fingerprint density at radius 2 is 2.24 bits per heavy atom. The minimum absolute atomic E-state index is 0.0416. The number of nitrogens with two attached hydrogens (primary N) is 1. The Balaban J connectivity index is 2.89. The van der Waals surface area contributed by atoms with Gasteiger partial charge < -0.3 is 15.6 Å². The van der Waals surface area contributed by atoms with Crippen LogP contribution >= 0.6 is 0 Å². The summed E-state index contributed by atoms with van der Waals surface area (Å²) >= 11 is 0. The Morgan fingerprint density at radius 3 is 2.65 bits per heavy atom. The van der Waals surface area contributed by atoms with E-state index >= 15 is 0 Å². The molecular weight excluding hydrogens is 225 g/mol. The molecule has 17 heavy (non-hydrogen) atoms. The number of halogens is 1. The molecule has 0 spiro atoms. The molecule has 4 nitrogen and oxygen atoms in total. The average Bonchev–Trinajstić information content (AvgIpc) is 2.26. The first-order chi connectivity index (χ1) is 7.95. The monoisotopic (exact) mass is 241 g/mol. The van der Waals surface area contributed by atoms with Crippen LogP contribution in [0.5, 0.6) is 5.75 Å². The zero-order chi connectivity index (χ0) is 13.0. The minimum atomic E-state index is -0.845. The van der Waals surface area contributed by atoms with Crippen LogP contribution < -0.4 is 10.5 Å². The first kappa shape index (κ1) is 13.4. The highest BCUT2D eigenvalue weighted by Gasteiger charge is 2.17. The molecule has 2 atom stereocenters. The largest absolute Gasteiger partial charge is 0.478 e. The fraction of sp³-hybridized carbons (Fsp3) is 0.417. The van der Waals surface area contributed by atoms with Gasteiger partial charge in [0.05, 0.1) is 6.10 Å². The lowest BCUT2D eigenvalue weighted by atomic mass is 10.1. The lowest BCUT2D eigenvalue weighted by molar-refractivity contribution is -0.124. The topological polar surface area (TPSA) is 72.6 Å². The van der Waals surface area contributed by atoms with Crippen LogP contribution in [-0.4, -0.2) is 17.1 Å². The third kappa shape index (κ3) is 3.42. The third-order valence-corrected chi connectivity index (χ3v) is 2.40. The van der Waals surface area contributed by atoms with Crippen molar-refractivity contribution in [1.82, 2.24) is 0 Å². The lowest BCUT2D eigenvalue weighted by Gasteiger charge is -2.15. The van der Waals surface area contributed by atoms with Gasteiger partial charge in [-0.3, -0.25) is 4.79 Å². The van der Waals surface area contributed by atoms with E-state index in [1.54, 1.807) is 6.92 Å². The SMILES string of the molecule is CCC(Oc1ccc([C@@H](C)O)cc1F)C(N)=O. The van der Waals surface area contributed by atoms with Gasteiger partial charge in [-0.1, -0.05) is 13.0 Å². The number of primary amides is 1. The molecular formula is C12H16FNO3. The van der Waals surface area contributed by atoms with Gasteiger partial charge in [0.1, 0.15) is 0 Å². The molecule has 3 N–H and O–H groups in total. The van der Waals surface area contributed by atoms with Crippen LogP contribution in [0.1, 0.15) is 31.9 Å². The molecule has 5 heteroatoms. The summed E-state index contributed by atoms with van der Waals surface area (Å²) in [4.78, 5) is 11.0. The smallest absolute Gasteiger partial charge is 0.258 e. The second-order valence-corrected chi connectivity index (χ2v) is 3.78. The molecule has 0 aromatic heterocycles. The van der Waals surface area contributed by atoms with Crippen LogP contribution in [0.15, 0.2) is 18.2 Å². The number of amides is 1. The molecule has 94 valence electrons. The van der Waals surface area contributed by atoms with Crippen LogP contribution in [0, 0.1) is 5.82 Å². The second kappa shape index (κ2) is 5.63. The van der Waals surface area contributed by atoms with Crippen molar-refractivity contribution < 1.29 is 19.0 Å². The van der Waals surface area contributed by atoms with Gasteiger partial charge in [0, 0.05) is 0 Å². The Labute approximate surface area is 99.2 Å². The van der Waals surface area contributed by atoms with Gasteiger partial charge >= 0.3 is 0 Å². The van der Waals surface area contributed by atoms with Crippen molar-refractivity contribution in [3.63, 3.8) is 0 Å². The summed E-state index contributed by atoms with van der Waals surface area (Å²) < 4.78 is 18.7. The maximum atomic E-state index is 13.6. The Kier molecular flexibility index (Phi) is 4.45. The Morgan fingerprint density at radius 1 is 1.59 bits per heavy atom. The molecule has 0 saturated carbocycles. The Hall–Kier alpha value is -1.62. The van der Waals surface area contributed by atoms with E-state index in [-0.39, 0.29) is 5.75 Å². The molecule has 1 aromatic carbocycles. The van der Waals surface area contributed by atoms with Gasteiger partial charge in [-0.2, -0.15) is 0 Å². The van der Waals surface area contributed by atoms with Gasteiger partial charge in [0.25, 0.3) is 5.91 Å². The van der Waals surface area contributed by atoms with Crippen molar-refractivity contribution >= 4 is 5.91 Å². The van der Waals surface area contributed by atoms with Gasteiger partial charge in [-0.25, -0.2) is 4.39 Å². The van der Waals surface area contributed by atoms with E-state index < -0.39 is 23.9 Å². The summed E-state index contributed by atoms with van der Waals surface area (Å²) in [5.74, 6) is -1.30. The molecule has 0 aliphatic heterocycles. The second-order valence-electron chi connectivity index (χ2n) is 3.78. The van der Waals surface area contributed by atoms with Crippen molar-refractivity contribution in [2.75, 3.05) is 0 Å². The number of rotatable bonds is 5. The summed E-state index contributed by atoms with van der Waals surface area (Å²) in [5.41, 5.74) is 5.54. The molecule has 1 aromatic rings. The van der Waals surface area contributed by atoms with Crippen molar-refractivity contribution in [2.45, 2.75) is 32.5 Å². The zero-order valence-corrected chi connectivity index (χ0v) is 9.81. The van der Waals surface area contributed by atoms with Gasteiger partial charge in [-0.15, -0.1) is 0 Å². The van der Waals surface area contributed by atoms with E-state index in [9.17, 15) is 14.3 Å². The molecule has 0 fully saturated rings. The van der Waals surface area contributed by atoms with E-state index in [0.717, 1.165) is 0 Å². The van der Waals surface area contributed by atoms with E-state index in [2.05, 4.69) is 0 Å². The summed E-state index contributed by atoms with van der Waals surface area (Å²) in [6.07, 6.45) is -1.23. The van der Waals surface area contributed by atoms with E-state index in [0.29, 0.717) is 12.0 Å². The molecule has 1 amide bonds. The maximum absolute atomic E-state index is 13.6. The van der Waals surface area contributed by atoms with E-state index in [4.69, 9.17) is 10.5 Å². The summed E-state index contributed by atoms with van der Waals surface area (Å²) in [5, 5.41) is 9.27. The summed E-state index contributed by atoms with van der Waals surface area (Å²) in [6, 6.07) is 4.09. The molecule has 0 saturated heterocycles. The highest BCUT2D eigenvalue weighted by molar-refractivity contribution is 5.79. The molecule has 0 aliphatic carbocycles. The third-order valence-electron chi connectivity index (χ3n) is 2.40. The first-order valence-electron chi connectivity index (χ1n) is 5.39. The number of ether oxygens (including phenoxy) is 1. The minimum Gasteiger partial charge on any atom is -0.478 e. The zero-order valence-electron chi connectivity index (χ0n) is 9.81. The average molecular weight is 241 g/mol. The standard InChI is InChI=1S/C12H16FNO3/c1-3-10(12(14)16)17-11-5-4-8(7(2)15)6-9(11)13/h4-7,10,15H,3H2,1-2H3,(H2,14,16)/t7-,10?/m1/s1. The number of carbonyl (C=O) groups is 1. The van der Waals surface area contributed by atoms with Gasteiger partial charge in [0.2, 0.25) is 0 Å². The van der Waals surface area contributed by atoms with Gasteiger partial charge in [-0.05, 0) is 31.0 Å². The van der Waals surface area contributed by atoms with Gasteiger partial charge in [0.15, 0.2) is 17.7 Å². The van der Waals surface area contributed by atoms with Crippen LogP contribution in [-0.2, 0) is 4.79 Å². The molecule has 0 heterocycles. The van der Waals surface area contributed by atoms with Crippen LogP contribution in [0.4, 0.5) is 4.39 Å². The van der Waals surface area contributed by atoms with Crippen molar-refractivity contribution in [2.24, 2.45) is 5.73 Å². The first-order valence-corrected chi connectivity index (χ1v) is 5.39. The Bertz CT molecular complexity index is 407. The predicted molar refractivity (Wildman–Crippen MR) is 60.9 cm³/mol. The maximum Gasteiger partial charge on any atom is 0.258 e. The fourth-order valence-electron chi connectivity index (χ4n) is 1.37. The number of hydrogen-bond donors (Lipinski definition) is 2. The lowest BCUT2D eigenvalue weighted by Crippen LogP contribution is -2.33. The molecule has 1 rings (SSSR count). The van der Waals surface area contributed by atoms with Crippen LogP contribution in [0.2, 0.25) is 0 Å². The number of aliphatic hydroxyl groups is 1. The summed E-state index contributed by atoms with van der Waals surface area (Å²) in [7, 11) is 0. The predicted octanol–water partition coefficient (Wildman–Crippen LogP) is 1.52. The molecule has 0 bridgehead atoms. The normalized spacial score (nSPS) is 14.1. The molecule has 0 aliphatic rings. The highest BCUT2D eigenvalue weighted by atomic mass is 19.1. The van der Waals surface area contributed by atoms with Crippen LogP contribution in [0.3, 0.4) is 0 Å². The van der Waals surface area contributed by atoms with Crippen LogP contribution in [0.25, 0.3) is 0 Å². The van der Waals surface area contributed by atoms with Crippen molar-refractivity contribution in [3.8, 4) is 5.75 Å². The molecule has 0 radical (unpaired) electrons. The van der Waals surface area contributed by atoms with Crippen molar-refractivity contribution in [3.05, 3.63) is 29.6 Å². The van der Waals surface area contributed by atoms with Crippen molar-refractivity contribution in [1.29, 1.82) is 0 Å². The highest BCUT2D eigenvalue weighted by Crippen LogP contribution is 2.23. The quantitative estimate of drug-likeness (QED) is 0.821. The fourth-order valence-corrected chi connectivity index (χ4v) is 1.37. The van der Waals surface area contributed by atoms with E-state index in [1.165, 1.54) is 25.1 Å². The number of carbonyl (C=O) groups excluding carboxylic acids is 1. The van der Waals surface area contributed by atoms with E-state index in [1.807, 2.05) is 0 Å². The summed E-state index contributed by atoms with van der Waals surface area (Å²) in [6.45, 7) is 3.26.